The number of amides is 1. The fourth-order valence-electron chi connectivity index (χ4n) is 4.34. The van der Waals surface area contributed by atoms with E-state index in [4.69, 9.17) is 4.52 Å². The summed E-state index contributed by atoms with van der Waals surface area (Å²) in [6.07, 6.45) is -0.626. The highest BCUT2D eigenvalue weighted by atomic mass is 19.4. The van der Waals surface area contributed by atoms with E-state index in [1.807, 2.05) is 0 Å². The number of anilines is 1. The number of halogens is 3. The summed E-state index contributed by atoms with van der Waals surface area (Å²) in [4.78, 5) is 14.2. The zero-order valence-electron chi connectivity index (χ0n) is 16.2. The van der Waals surface area contributed by atoms with Crippen molar-refractivity contribution >= 4 is 11.7 Å². The molecule has 4 heterocycles. The summed E-state index contributed by atoms with van der Waals surface area (Å²) in [5, 5.41) is 10.9. The molecule has 4 rings (SSSR count). The van der Waals surface area contributed by atoms with Gasteiger partial charge in [0.05, 0.1) is 11.9 Å². The van der Waals surface area contributed by atoms with Gasteiger partial charge in [-0.05, 0) is 32.1 Å². The van der Waals surface area contributed by atoms with Crippen molar-refractivity contribution in [3.05, 3.63) is 29.8 Å². The standard InChI is InChI=1S/C19H24F3N5O2/c1-12-10-17-24-15(11-16(19(20,21)22)27(17)25-12)13-5-8-26(9-6-13)18(28)3-2-14-4-7-23-29-14/h4,7,10,13,15-16,24H,2-3,5-6,8-9,11H2,1H3/t15-,16+/m0/s1. The van der Waals surface area contributed by atoms with E-state index in [-0.39, 0.29) is 24.3 Å². The fraction of sp³-hybridized carbons (Fsp3) is 0.632. The van der Waals surface area contributed by atoms with E-state index >= 15 is 0 Å². The van der Waals surface area contributed by atoms with Crippen molar-refractivity contribution in [2.75, 3.05) is 18.4 Å². The molecule has 1 saturated heterocycles. The predicted molar refractivity (Wildman–Crippen MR) is 98.2 cm³/mol. The molecule has 7 nitrogen and oxygen atoms in total. The zero-order chi connectivity index (χ0) is 20.6. The molecule has 10 heteroatoms. The van der Waals surface area contributed by atoms with Gasteiger partial charge in [0.15, 0.2) is 6.04 Å². The summed E-state index contributed by atoms with van der Waals surface area (Å²) >= 11 is 0. The van der Waals surface area contributed by atoms with Gasteiger partial charge < -0.3 is 14.7 Å². The lowest BCUT2D eigenvalue weighted by molar-refractivity contribution is -0.174. The smallest absolute Gasteiger partial charge is 0.367 e. The summed E-state index contributed by atoms with van der Waals surface area (Å²) in [5.41, 5.74) is 0.564. The van der Waals surface area contributed by atoms with Gasteiger partial charge in [-0.2, -0.15) is 18.3 Å². The summed E-state index contributed by atoms with van der Waals surface area (Å²) in [6, 6.07) is 1.50. The molecule has 0 radical (unpaired) electrons. The Morgan fingerprint density at radius 1 is 1.34 bits per heavy atom. The minimum Gasteiger partial charge on any atom is -0.367 e. The monoisotopic (exact) mass is 411 g/mol. The first-order valence-electron chi connectivity index (χ1n) is 9.88. The lowest BCUT2D eigenvalue weighted by Gasteiger charge is -2.41. The molecule has 0 spiro atoms. The molecule has 1 N–H and O–H groups in total. The number of fused-ring (bicyclic) bond motifs is 1. The maximum absolute atomic E-state index is 13.6. The molecule has 0 unspecified atom stereocenters. The predicted octanol–water partition coefficient (Wildman–Crippen LogP) is 3.34. The molecule has 158 valence electrons. The highest BCUT2D eigenvalue weighted by Crippen LogP contribution is 2.42. The average Bonchev–Trinajstić information content (AvgIpc) is 3.33. The molecule has 0 bridgehead atoms. The van der Waals surface area contributed by atoms with E-state index in [1.165, 1.54) is 0 Å². The molecule has 0 aliphatic carbocycles. The van der Waals surface area contributed by atoms with Crippen LogP contribution in [-0.2, 0) is 11.2 Å². The second-order valence-electron chi connectivity index (χ2n) is 7.86. The van der Waals surface area contributed by atoms with E-state index in [9.17, 15) is 18.0 Å². The molecule has 2 aliphatic rings. The average molecular weight is 411 g/mol. The number of hydrogen-bond acceptors (Lipinski definition) is 5. The van der Waals surface area contributed by atoms with Gasteiger partial charge in [0.2, 0.25) is 5.91 Å². The van der Waals surface area contributed by atoms with Crippen LogP contribution in [0, 0.1) is 12.8 Å². The minimum atomic E-state index is -4.34. The van der Waals surface area contributed by atoms with Crippen LogP contribution in [0.3, 0.4) is 0 Å². The van der Waals surface area contributed by atoms with Crippen molar-refractivity contribution in [2.45, 2.75) is 57.3 Å². The van der Waals surface area contributed by atoms with Crippen LogP contribution in [0.15, 0.2) is 22.9 Å². The number of hydrogen-bond donors (Lipinski definition) is 1. The van der Waals surface area contributed by atoms with Crippen LogP contribution < -0.4 is 5.32 Å². The minimum absolute atomic E-state index is 0.0400. The van der Waals surface area contributed by atoms with Gasteiger partial charge in [-0.15, -0.1) is 0 Å². The quantitative estimate of drug-likeness (QED) is 0.835. The van der Waals surface area contributed by atoms with Crippen LogP contribution in [0.25, 0.3) is 0 Å². The Kier molecular flexibility index (Phi) is 5.26. The van der Waals surface area contributed by atoms with Crippen LogP contribution in [0.4, 0.5) is 19.0 Å². The second kappa shape index (κ2) is 7.72. The first kappa shape index (κ1) is 19.8. The van der Waals surface area contributed by atoms with Gasteiger partial charge >= 0.3 is 6.18 Å². The zero-order valence-corrected chi connectivity index (χ0v) is 16.2. The van der Waals surface area contributed by atoms with E-state index in [0.717, 1.165) is 4.68 Å². The molecule has 2 atom stereocenters. The number of nitrogens with one attached hydrogen (secondary N) is 1. The van der Waals surface area contributed by atoms with E-state index in [0.29, 0.717) is 56.0 Å². The topological polar surface area (TPSA) is 76.2 Å². The van der Waals surface area contributed by atoms with Crippen LogP contribution in [-0.4, -0.2) is 51.1 Å². The number of carbonyl (C=O) groups is 1. The molecule has 2 aromatic heterocycles. The van der Waals surface area contributed by atoms with E-state index in [2.05, 4.69) is 15.6 Å². The first-order valence-corrected chi connectivity index (χ1v) is 9.88. The number of aryl methyl sites for hydroxylation is 2. The van der Waals surface area contributed by atoms with E-state index in [1.54, 1.807) is 30.2 Å². The van der Waals surface area contributed by atoms with Crippen molar-refractivity contribution in [3.8, 4) is 0 Å². The van der Waals surface area contributed by atoms with Gasteiger partial charge in [-0.25, -0.2) is 4.68 Å². The van der Waals surface area contributed by atoms with Crippen molar-refractivity contribution in [1.82, 2.24) is 19.8 Å². The van der Waals surface area contributed by atoms with Crippen molar-refractivity contribution in [2.24, 2.45) is 5.92 Å². The summed E-state index contributed by atoms with van der Waals surface area (Å²) in [7, 11) is 0. The number of alkyl halides is 3. The second-order valence-corrected chi connectivity index (χ2v) is 7.86. The Morgan fingerprint density at radius 2 is 2.10 bits per heavy atom. The summed E-state index contributed by atoms with van der Waals surface area (Å²) in [6.45, 7) is 2.82. The lowest BCUT2D eigenvalue weighted by atomic mass is 9.84. The molecule has 1 amide bonds. The van der Waals surface area contributed by atoms with Crippen molar-refractivity contribution in [3.63, 3.8) is 0 Å². The Bertz CT molecular complexity index is 841. The number of nitrogens with zero attached hydrogens (tertiary/aromatic N) is 4. The van der Waals surface area contributed by atoms with E-state index < -0.39 is 12.2 Å². The first-order chi connectivity index (χ1) is 13.8. The van der Waals surface area contributed by atoms with Gasteiger partial charge in [0.1, 0.15) is 11.6 Å². The molecular formula is C19H24F3N5O2. The Hall–Kier alpha value is -2.52. The highest BCUT2D eigenvalue weighted by molar-refractivity contribution is 5.76. The number of piperidine rings is 1. The molecule has 0 saturated carbocycles. The van der Waals surface area contributed by atoms with Gasteiger partial charge in [0, 0.05) is 44.1 Å². The highest BCUT2D eigenvalue weighted by Gasteiger charge is 2.47. The molecule has 0 aromatic carbocycles. The van der Waals surface area contributed by atoms with Crippen molar-refractivity contribution < 1.29 is 22.5 Å². The third-order valence-electron chi connectivity index (χ3n) is 5.88. The molecule has 2 aliphatic heterocycles. The third kappa shape index (κ3) is 4.25. The van der Waals surface area contributed by atoms with Gasteiger partial charge in [0.25, 0.3) is 0 Å². The van der Waals surface area contributed by atoms with Crippen molar-refractivity contribution in [1.29, 1.82) is 0 Å². The Morgan fingerprint density at radius 3 is 2.76 bits per heavy atom. The maximum atomic E-state index is 13.6. The van der Waals surface area contributed by atoms with Gasteiger partial charge in [-0.3, -0.25) is 4.79 Å². The van der Waals surface area contributed by atoms with Crippen LogP contribution in [0.2, 0.25) is 0 Å². The lowest BCUT2D eigenvalue weighted by Crippen LogP contribution is -2.47. The molecule has 1 fully saturated rings. The van der Waals surface area contributed by atoms with Crippen LogP contribution in [0.1, 0.15) is 43.2 Å². The number of aromatic nitrogens is 3. The molecule has 2 aromatic rings. The normalized spacial score (nSPS) is 23.0. The molecular weight excluding hydrogens is 387 g/mol. The fourth-order valence-corrected chi connectivity index (χ4v) is 4.34. The van der Waals surface area contributed by atoms with Gasteiger partial charge in [-0.1, -0.05) is 5.16 Å². The Balaban J connectivity index is 1.35. The summed E-state index contributed by atoms with van der Waals surface area (Å²) < 4.78 is 46.8. The summed E-state index contributed by atoms with van der Waals surface area (Å²) in [5.74, 6) is 1.22. The van der Waals surface area contributed by atoms with Crippen LogP contribution >= 0.6 is 0 Å². The van der Waals surface area contributed by atoms with Crippen LogP contribution in [0.5, 0.6) is 0 Å². The number of rotatable bonds is 4. The number of carbonyl (C=O) groups excluding carboxylic acids is 1. The largest absolute Gasteiger partial charge is 0.410 e. The SMILES string of the molecule is Cc1cc2n(n1)[C@@H](C(F)(F)F)C[C@@H](C1CCN(C(=O)CCc3ccno3)CC1)N2. The maximum Gasteiger partial charge on any atom is 0.410 e. The Labute approximate surface area is 166 Å². The molecule has 29 heavy (non-hydrogen) atoms. The third-order valence-corrected chi connectivity index (χ3v) is 5.88. The number of likely N-dealkylation sites (tertiary alicyclic amines) is 1.